The number of benzene rings is 1. The summed E-state index contributed by atoms with van der Waals surface area (Å²) in [5, 5.41) is 3.44. The van der Waals surface area contributed by atoms with Gasteiger partial charge in [-0.1, -0.05) is 32.0 Å². The van der Waals surface area contributed by atoms with Gasteiger partial charge in [-0.15, -0.1) is 0 Å². The summed E-state index contributed by atoms with van der Waals surface area (Å²) in [6.07, 6.45) is -0.241. The van der Waals surface area contributed by atoms with E-state index in [0.717, 1.165) is 5.69 Å². The number of hydrogen-bond acceptors (Lipinski definition) is 3. The summed E-state index contributed by atoms with van der Waals surface area (Å²) < 4.78 is 10.5. The maximum atomic E-state index is 5.25. The van der Waals surface area contributed by atoms with Gasteiger partial charge in [0.05, 0.1) is 6.04 Å². The third kappa shape index (κ3) is 3.72. The zero-order chi connectivity index (χ0) is 12.8. The van der Waals surface area contributed by atoms with Crippen LogP contribution in [0.5, 0.6) is 0 Å². The minimum absolute atomic E-state index is 0.102. The average Bonchev–Trinajstić information content (AvgIpc) is 2.31. The van der Waals surface area contributed by atoms with Crippen LogP contribution in [0.25, 0.3) is 0 Å². The van der Waals surface area contributed by atoms with Crippen molar-refractivity contribution < 1.29 is 9.47 Å². The van der Waals surface area contributed by atoms with E-state index in [1.807, 2.05) is 6.07 Å². The number of nitrogens with one attached hydrogen (secondary N) is 1. The Morgan fingerprint density at radius 3 is 2.12 bits per heavy atom. The Balaban J connectivity index is 2.80. The molecule has 3 heteroatoms. The Bertz CT molecular complexity index is 335. The van der Waals surface area contributed by atoms with Gasteiger partial charge in [-0.25, -0.2) is 0 Å². The molecule has 0 heterocycles. The Hall–Kier alpha value is -1.06. The molecule has 1 N–H and O–H groups in total. The predicted octanol–water partition coefficient (Wildman–Crippen LogP) is 3.23. The minimum Gasteiger partial charge on any atom is -0.377 e. The lowest BCUT2D eigenvalue weighted by atomic mass is 10.0. The third-order valence-corrected chi connectivity index (χ3v) is 2.84. The van der Waals surface area contributed by atoms with E-state index in [1.54, 1.807) is 14.2 Å². The summed E-state index contributed by atoms with van der Waals surface area (Å²) in [5.74, 6) is 0.495. The van der Waals surface area contributed by atoms with Gasteiger partial charge in [0.1, 0.15) is 0 Å². The average molecular weight is 237 g/mol. The molecular formula is C14H23NO2. The molecule has 1 rings (SSSR count). The number of hydrogen-bond donors (Lipinski definition) is 1. The minimum atomic E-state index is -0.241. The molecule has 0 radical (unpaired) electrons. The molecule has 0 saturated carbocycles. The molecule has 0 aromatic heterocycles. The van der Waals surface area contributed by atoms with Gasteiger partial charge in [-0.3, -0.25) is 0 Å². The quantitative estimate of drug-likeness (QED) is 0.770. The van der Waals surface area contributed by atoms with Crippen LogP contribution in [0.15, 0.2) is 24.3 Å². The maximum Gasteiger partial charge on any atom is 0.176 e. The Morgan fingerprint density at radius 1 is 1.00 bits per heavy atom. The topological polar surface area (TPSA) is 30.5 Å². The van der Waals surface area contributed by atoms with E-state index < -0.39 is 0 Å². The Kier molecular flexibility index (Phi) is 5.45. The highest BCUT2D eigenvalue weighted by Gasteiger charge is 2.17. The van der Waals surface area contributed by atoms with Gasteiger partial charge in [-0.2, -0.15) is 0 Å². The largest absolute Gasteiger partial charge is 0.377 e. The summed E-state index contributed by atoms with van der Waals surface area (Å²) in [4.78, 5) is 0. The van der Waals surface area contributed by atoms with Gasteiger partial charge >= 0.3 is 0 Å². The summed E-state index contributed by atoms with van der Waals surface area (Å²) in [5.41, 5.74) is 2.46. The molecule has 0 amide bonds. The number of rotatable bonds is 6. The van der Waals surface area contributed by atoms with Crippen molar-refractivity contribution in [3.8, 4) is 0 Å². The van der Waals surface area contributed by atoms with Crippen molar-refractivity contribution in [1.82, 2.24) is 0 Å². The molecule has 0 bridgehead atoms. The van der Waals surface area contributed by atoms with Gasteiger partial charge in [-0.05, 0) is 24.5 Å². The first kappa shape index (κ1) is 14.0. The zero-order valence-electron chi connectivity index (χ0n) is 11.4. The number of anilines is 1. The monoisotopic (exact) mass is 237 g/mol. The number of para-hydroxylation sites is 1. The molecule has 0 aliphatic carbocycles. The standard InChI is InChI=1S/C14H23NO2/c1-10(2)12-8-6-7-9-13(12)15-11(3)14(16-4)17-5/h6-11,14-15H,1-5H3. The van der Waals surface area contributed by atoms with Crippen LogP contribution < -0.4 is 5.32 Å². The highest BCUT2D eigenvalue weighted by molar-refractivity contribution is 5.53. The first-order valence-corrected chi connectivity index (χ1v) is 6.01. The molecule has 0 fully saturated rings. The van der Waals surface area contributed by atoms with Crippen LogP contribution in [0.3, 0.4) is 0 Å². The van der Waals surface area contributed by atoms with Crippen molar-refractivity contribution in [3.05, 3.63) is 29.8 Å². The van der Waals surface area contributed by atoms with Crippen molar-refractivity contribution in [2.45, 2.75) is 39.0 Å². The molecule has 17 heavy (non-hydrogen) atoms. The number of methoxy groups -OCH3 is 2. The predicted molar refractivity (Wildman–Crippen MR) is 71.4 cm³/mol. The molecule has 0 aliphatic heterocycles. The van der Waals surface area contributed by atoms with E-state index >= 15 is 0 Å². The fourth-order valence-corrected chi connectivity index (χ4v) is 1.95. The van der Waals surface area contributed by atoms with Crippen LogP contribution in [0.1, 0.15) is 32.3 Å². The number of ether oxygens (including phenoxy) is 2. The SMILES string of the molecule is COC(OC)C(C)Nc1ccccc1C(C)C. The lowest BCUT2D eigenvalue weighted by Gasteiger charge is -2.25. The molecule has 1 unspecified atom stereocenters. The second kappa shape index (κ2) is 6.62. The lowest BCUT2D eigenvalue weighted by molar-refractivity contribution is -0.109. The van der Waals surface area contributed by atoms with E-state index in [2.05, 4.69) is 44.3 Å². The van der Waals surface area contributed by atoms with Gasteiger partial charge < -0.3 is 14.8 Å². The highest BCUT2D eigenvalue weighted by Crippen LogP contribution is 2.24. The molecular weight excluding hydrogens is 214 g/mol. The van der Waals surface area contributed by atoms with Crippen LogP contribution in [0, 0.1) is 0 Å². The van der Waals surface area contributed by atoms with Gasteiger partial charge in [0.2, 0.25) is 0 Å². The second-order valence-electron chi connectivity index (χ2n) is 4.51. The van der Waals surface area contributed by atoms with Crippen LogP contribution in [0.4, 0.5) is 5.69 Å². The highest BCUT2D eigenvalue weighted by atomic mass is 16.7. The molecule has 1 aromatic rings. The van der Waals surface area contributed by atoms with E-state index in [-0.39, 0.29) is 12.3 Å². The molecule has 0 saturated heterocycles. The molecule has 3 nitrogen and oxygen atoms in total. The molecule has 1 atom stereocenters. The third-order valence-electron chi connectivity index (χ3n) is 2.84. The Labute approximate surface area is 104 Å². The van der Waals surface area contributed by atoms with E-state index in [9.17, 15) is 0 Å². The van der Waals surface area contributed by atoms with E-state index in [4.69, 9.17) is 9.47 Å². The molecule has 96 valence electrons. The van der Waals surface area contributed by atoms with Crippen LogP contribution in [0.2, 0.25) is 0 Å². The zero-order valence-corrected chi connectivity index (χ0v) is 11.4. The van der Waals surface area contributed by atoms with Crippen molar-refractivity contribution in [2.24, 2.45) is 0 Å². The fourth-order valence-electron chi connectivity index (χ4n) is 1.95. The summed E-state index contributed by atoms with van der Waals surface area (Å²) >= 11 is 0. The smallest absolute Gasteiger partial charge is 0.176 e. The molecule has 1 aromatic carbocycles. The molecule has 0 aliphatic rings. The maximum absolute atomic E-state index is 5.25. The lowest BCUT2D eigenvalue weighted by Crippen LogP contribution is -2.34. The van der Waals surface area contributed by atoms with Crippen molar-refractivity contribution >= 4 is 5.69 Å². The normalized spacial score (nSPS) is 13.1. The molecule has 0 spiro atoms. The van der Waals surface area contributed by atoms with Crippen LogP contribution >= 0.6 is 0 Å². The van der Waals surface area contributed by atoms with Crippen molar-refractivity contribution in [1.29, 1.82) is 0 Å². The summed E-state index contributed by atoms with van der Waals surface area (Å²) in [6.45, 7) is 6.43. The second-order valence-corrected chi connectivity index (χ2v) is 4.51. The summed E-state index contributed by atoms with van der Waals surface area (Å²) in [7, 11) is 3.31. The van der Waals surface area contributed by atoms with Gasteiger partial charge in [0.15, 0.2) is 6.29 Å². The van der Waals surface area contributed by atoms with E-state index in [1.165, 1.54) is 5.56 Å². The first-order valence-electron chi connectivity index (χ1n) is 6.01. The fraction of sp³-hybridized carbons (Fsp3) is 0.571. The van der Waals surface area contributed by atoms with Crippen molar-refractivity contribution in [2.75, 3.05) is 19.5 Å². The Morgan fingerprint density at radius 2 is 1.59 bits per heavy atom. The summed E-state index contributed by atoms with van der Waals surface area (Å²) in [6, 6.07) is 8.44. The van der Waals surface area contributed by atoms with Gasteiger partial charge in [0, 0.05) is 19.9 Å². The van der Waals surface area contributed by atoms with Gasteiger partial charge in [0.25, 0.3) is 0 Å². The van der Waals surface area contributed by atoms with Crippen molar-refractivity contribution in [3.63, 3.8) is 0 Å². The van der Waals surface area contributed by atoms with Crippen LogP contribution in [-0.2, 0) is 9.47 Å². The van der Waals surface area contributed by atoms with Crippen LogP contribution in [-0.4, -0.2) is 26.6 Å². The first-order chi connectivity index (χ1) is 8.10. The van der Waals surface area contributed by atoms with E-state index in [0.29, 0.717) is 5.92 Å².